The van der Waals surface area contributed by atoms with Gasteiger partial charge in [0, 0.05) is 39.2 Å². The summed E-state index contributed by atoms with van der Waals surface area (Å²) in [6, 6.07) is 9.37. The van der Waals surface area contributed by atoms with E-state index in [0.717, 1.165) is 0 Å². The molecular weight excluding hydrogens is 320 g/mol. The van der Waals surface area contributed by atoms with Crippen LogP contribution < -0.4 is 4.74 Å². The van der Waals surface area contributed by atoms with Gasteiger partial charge in [-0.05, 0) is 24.3 Å². The first-order valence-electron chi connectivity index (χ1n) is 6.64. The number of nitro benzene ring substituents is 1. The van der Waals surface area contributed by atoms with Crippen LogP contribution in [-0.4, -0.2) is 23.3 Å². The molecule has 1 heterocycles. The summed E-state index contributed by atoms with van der Waals surface area (Å²) in [5, 5.41) is 11.9. The molecule has 0 aliphatic rings. The van der Waals surface area contributed by atoms with E-state index in [1.165, 1.54) is 19.2 Å². The number of nitrogens with zero attached hydrogens (tertiary/aromatic N) is 1. The molecule has 0 spiro atoms. The van der Waals surface area contributed by atoms with Crippen molar-refractivity contribution in [2.24, 2.45) is 0 Å². The zero-order valence-corrected chi connectivity index (χ0v) is 12.8. The third-order valence-electron chi connectivity index (χ3n) is 3.58. The minimum Gasteiger partial charge on any atom is -0.496 e. The highest BCUT2D eigenvalue weighted by molar-refractivity contribution is 6.31. The fraction of sp³-hybridized carbons (Fsp3) is 0.0625. The van der Waals surface area contributed by atoms with Crippen molar-refractivity contribution in [3.8, 4) is 17.0 Å². The molecule has 3 aromatic rings. The second-order valence-corrected chi connectivity index (χ2v) is 5.30. The van der Waals surface area contributed by atoms with Crippen molar-refractivity contribution in [1.29, 1.82) is 0 Å². The Bertz CT molecular complexity index is 933. The molecule has 0 bridgehead atoms. The first-order valence-corrected chi connectivity index (χ1v) is 7.02. The lowest BCUT2D eigenvalue weighted by Gasteiger charge is -2.08. The molecule has 2 aromatic carbocycles. The highest BCUT2D eigenvalue weighted by atomic mass is 35.5. The van der Waals surface area contributed by atoms with Crippen molar-refractivity contribution >= 4 is 34.5 Å². The molecule has 3 rings (SSSR count). The number of carbonyl (C=O) groups excluding carboxylic acids is 1. The standard InChI is InChI=1S/C16H11ClN2O4/c1-23-15-5-2-9(17)6-12(15)16-13(8-20)11-7-10(19(21)22)3-4-14(11)18-16/h2-8,18H,1H3. The number of carbonyl (C=O) groups is 1. The van der Waals surface area contributed by atoms with Gasteiger partial charge in [-0.25, -0.2) is 0 Å². The van der Waals surface area contributed by atoms with Crippen LogP contribution in [0.2, 0.25) is 5.02 Å². The van der Waals surface area contributed by atoms with Crippen molar-refractivity contribution in [2.45, 2.75) is 0 Å². The monoisotopic (exact) mass is 330 g/mol. The van der Waals surface area contributed by atoms with Gasteiger partial charge in [0.1, 0.15) is 5.75 Å². The summed E-state index contributed by atoms with van der Waals surface area (Å²) in [5.41, 5.74) is 1.99. The molecule has 1 N–H and O–H groups in total. The second-order valence-electron chi connectivity index (χ2n) is 4.86. The van der Waals surface area contributed by atoms with E-state index in [-0.39, 0.29) is 5.69 Å². The number of ether oxygens (including phenoxy) is 1. The van der Waals surface area contributed by atoms with Crippen LogP contribution in [0.3, 0.4) is 0 Å². The Morgan fingerprint density at radius 1 is 1.26 bits per heavy atom. The number of rotatable bonds is 4. The lowest BCUT2D eigenvalue weighted by molar-refractivity contribution is -0.384. The summed E-state index contributed by atoms with van der Waals surface area (Å²) >= 11 is 6.04. The van der Waals surface area contributed by atoms with Gasteiger partial charge in [0.25, 0.3) is 5.69 Å². The van der Waals surface area contributed by atoms with Gasteiger partial charge >= 0.3 is 0 Å². The third-order valence-corrected chi connectivity index (χ3v) is 3.82. The topological polar surface area (TPSA) is 85.2 Å². The summed E-state index contributed by atoms with van der Waals surface area (Å²) < 4.78 is 5.31. The summed E-state index contributed by atoms with van der Waals surface area (Å²) in [5.74, 6) is 0.540. The van der Waals surface area contributed by atoms with Crippen LogP contribution in [0.1, 0.15) is 10.4 Å². The molecule has 0 aliphatic carbocycles. The molecule has 0 amide bonds. The van der Waals surface area contributed by atoms with Crippen LogP contribution in [0.4, 0.5) is 5.69 Å². The van der Waals surface area contributed by atoms with Gasteiger partial charge in [-0.3, -0.25) is 14.9 Å². The number of aromatic nitrogens is 1. The third kappa shape index (κ3) is 2.53. The van der Waals surface area contributed by atoms with Crippen molar-refractivity contribution < 1.29 is 14.5 Å². The first-order chi connectivity index (χ1) is 11.0. The van der Waals surface area contributed by atoms with E-state index in [1.54, 1.807) is 24.3 Å². The number of hydrogen-bond acceptors (Lipinski definition) is 4. The van der Waals surface area contributed by atoms with Crippen LogP contribution in [0, 0.1) is 10.1 Å². The van der Waals surface area contributed by atoms with E-state index in [4.69, 9.17) is 16.3 Å². The molecule has 0 radical (unpaired) electrons. The van der Waals surface area contributed by atoms with Crippen molar-refractivity contribution in [3.05, 3.63) is 57.1 Å². The Kier molecular flexibility index (Phi) is 3.75. The van der Waals surface area contributed by atoms with Crippen molar-refractivity contribution in [1.82, 2.24) is 4.98 Å². The number of fused-ring (bicyclic) bond motifs is 1. The van der Waals surface area contributed by atoms with Crippen LogP contribution >= 0.6 is 11.6 Å². The number of H-pyrrole nitrogens is 1. The molecule has 0 saturated carbocycles. The summed E-state index contributed by atoms with van der Waals surface area (Å²) in [6.45, 7) is 0. The average Bonchev–Trinajstić information content (AvgIpc) is 2.92. The molecule has 0 saturated heterocycles. The van der Waals surface area contributed by atoms with Gasteiger partial charge in [0.15, 0.2) is 6.29 Å². The Morgan fingerprint density at radius 3 is 2.70 bits per heavy atom. The number of aromatic amines is 1. The van der Waals surface area contributed by atoms with Crippen molar-refractivity contribution in [2.75, 3.05) is 7.11 Å². The Morgan fingerprint density at radius 2 is 2.04 bits per heavy atom. The van der Waals surface area contributed by atoms with Gasteiger partial charge in [-0.15, -0.1) is 0 Å². The zero-order valence-electron chi connectivity index (χ0n) is 12.0. The number of hydrogen-bond donors (Lipinski definition) is 1. The summed E-state index contributed by atoms with van der Waals surface area (Å²) in [4.78, 5) is 25.1. The van der Waals surface area contributed by atoms with E-state index < -0.39 is 4.92 Å². The number of halogens is 1. The molecule has 0 atom stereocenters. The molecule has 0 aliphatic heterocycles. The molecule has 0 unspecified atom stereocenters. The molecule has 6 nitrogen and oxygen atoms in total. The predicted octanol–water partition coefficient (Wildman–Crippen LogP) is 4.22. The molecule has 23 heavy (non-hydrogen) atoms. The maximum absolute atomic E-state index is 11.6. The minimum atomic E-state index is -0.499. The maximum Gasteiger partial charge on any atom is 0.270 e. The van der Waals surface area contributed by atoms with E-state index in [9.17, 15) is 14.9 Å². The Balaban J connectivity index is 2.32. The Hall–Kier alpha value is -2.86. The van der Waals surface area contributed by atoms with E-state index in [0.29, 0.717) is 44.8 Å². The van der Waals surface area contributed by atoms with E-state index in [1.807, 2.05) is 0 Å². The smallest absolute Gasteiger partial charge is 0.270 e. The Labute approximate surface area is 135 Å². The quantitative estimate of drug-likeness (QED) is 0.441. The van der Waals surface area contributed by atoms with Gasteiger partial charge in [-0.1, -0.05) is 11.6 Å². The van der Waals surface area contributed by atoms with E-state index >= 15 is 0 Å². The molecule has 0 fully saturated rings. The van der Waals surface area contributed by atoms with Crippen molar-refractivity contribution in [3.63, 3.8) is 0 Å². The first kappa shape index (κ1) is 15.1. The van der Waals surface area contributed by atoms with Crippen LogP contribution in [0.5, 0.6) is 5.75 Å². The lowest BCUT2D eigenvalue weighted by atomic mass is 10.0. The van der Waals surface area contributed by atoms with Crippen LogP contribution in [0.15, 0.2) is 36.4 Å². The summed E-state index contributed by atoms with van der Waals surface area (Å²) in [6.07, 6.45) is 0.665. The van der Waals surface area contributed by atoms with Gasteiger partial charge in [0.2, 0.25) is 0 Å². The van der Waals surface area contributed by atoms with Gasteiger partial charge < -0.3 is 9.72 Å². The summed E-state index contributed by atoms with van der Waals surface area (Å²) in [7, 11) is 1.51. The molecular formula is C16H11ClN2O4. The number of methoxy groups -OCH3 is 1. The number of benzene rings is 2. The maximum atomic E-state index is 11.6. The van der Waals surface area contributed by atoms with Crippen LogP contribution in [0.25, 0.3) is 22.2 Å². The number of non-ortho nitro benzene ring substituents is 1. The highest BCUT2D eigenvalue weighted by Gasteiger charge is 2.18. The number of aldehydes is 1. The molecule has 7 heteroatoms. The SMILES string of the molecule is COc1ccc(Cl)cc1-c1[nH]c2ccc([N+](=O)[O-])cc2c1C=O. The molecule has 116 valence electrons. The van der Waals surface area contributed by atoms with Gasteiger partial charge in [0.05, 0.1) is 17.7 Å². The zero-order chi connectivity index (χ0) is 16.6. The van der Waals surface area contributed by atoms with E-state index in [2.05, 4.69) is 4.98 Å². The lowest BCUT2D eigenvalue weighted by Crippen LogP contribution is -1.91. The van der Waals surface area contributed by atoms with Gasteiger partial charge in [-0.2, -0.15) is 0 Å². The second kappa shape index (κ2) is 5.73. The predicted molar refractivity (Wildman–Crippen MR) is 87.3 cm³/mol. The molecule has 1 aromatic heterocycles. The number of nitrogens with one attached hydrogen (secondary N) is 1. The minimum absolute atomic E-state index is 0.0794. The normalized spacial score (nSPS) is 10.7. The highest BCUT2D eigenvalue weighted by Crippen LogP contribution is 2.37. The number of nitro groups is 1. The average molecular weight is 331 g/mol. The fourth-order valence-electron chi connectivity index (χ4n) is 2.52. The largest absolute Gasteiger partial charge is 0.496 e. The fourth-order valence-corrected chi connectivity index (χ4v) is 2.70. The van der Waals surface area contributed by atoms with Crippen LogP contribution in [-0.2, 0) is 0 Å².